The first kappa shape index (κ1) is 47.0. The number of unbranched alkanes of at least 4 members (excludes halogenated alkanes) is 12. The summed E-state index contributed by atoms with van der Waals surface area (Å²) in [5.41, 5.74) is 6.57. The predicted octanol–water partition coefficient (Wildman–Crippen LogP) is 14.9. The molecule has 2 unspecified atom stereocenters. The van der Waals surface area contributed by atoms with Crippen LogP contribution in [0.25, 0.3) is 22.3 Å². The second-order valence-electron chi connectivity index (χ2n) is 17.6. The number of hydrogen-bond donors (Lipinski definition) is 0. The average molecular weight is 819 g/mol. The Morgan fingerprint density at radius 3 is 1.58 bits per heavy atom. The van der Waals surface area contributed by atoms with E-state index in [0.29, 0.717) is 49.3 Å². The summed E-state index contributed by atoms with van der Waals surface area (Å²) in [5, 5.41) is 0. The lowest BCUT2D eigenvalue weighted by molar-refractivity contribution is -0.114. The van der Waals surface area contributed by atoms with E-state index in [-0.39, 0.29) is 11.8 Å². The van der Waals surface area contributed by atoms with E-state index in [1.165, 1.54) is 57.8 Å². The molecule has 0 bridgehead atoms. The average Bonchev–Trinajstić information content (AvgIpc) is 3.69. The Kier molecular flexibility index (Phi) is 19.6. The van der Waals surface area contributed by atoms with Gasteiger partial charge in [-0.1, -0.05) is 175 Å². The van der Waals surface area contributed by atoms with E-state index in [2.05, 4.69) is 77.9 Å². The molecule has 0 spiro atoms. The quantitative estimate of drug-likeness (QED) is 0.0517. The van der Waals surface area contributed by atoms with Gasteiger partial charge in [0, 0.05) is 29.8 Å². The van der Waals surface area contributed by atoms with Gasteiger partial charge in [-0.25, -0.2) is 0 Å². The summed E-state index contributed by atoms with van der Waals surface area (Å²) in [6.07, 6.45) is 23.2. The van der Waals surface area contributed by atoms with E-state index >= 15 is 4.79 Å². The summed E-state index contributed by atoms with van der Waals surface area (Å²) in [7, 11) is 0. The van der Waals surface area contributed by atoms with Crippen molar-refractivity contribution < 1.29 is 19.1 Å². The maximum atomic E-state index is 15.1. The number of nitrogens with zero attached hydrogens (tertiary/aromatic N) is 2. The SMILES string of the molecule is CCCCCCCCOc1ccc(OCCCCCCCC)c(-c2ccc3c(c2)N(CC(CC)CCCC)C(=O)/C3=C2/C(=O)N(CC(CC)CCCC)c3ccccc32)c1. The van der Waals surface area contributed by atoms with Gasteiger partial charge in [-0.2, -0.15) is 0 Å². The van der Waals surface area contributed by atoms with Crippen LogP contribution in [0.5, 0.6) is 11.5 Å². The lowest BCUT2D eigenvalue weighted by Crippen LogP contribution is -2.34. The highest BCUT2D eigenvalue weighted by Crippen LogP contribution is 2.49. The van der Waals surface area contributed by atoms with Gasteiger partial charge in [0.2, 0.25) is 0 Å². The maximum absolute atomic E-state index is 15.1. The minimum Gasteiger partial charge on any atom is -0.494 e. The topological polar surface area (TPSA) is 59.1 Å². The minimum atomic E-state index is -0.0642. The molecule has 2 aliphatic heterocycles. The predicted molar refractivity (Wildman–Crippen MR) is 254 cm³/mol. The molecule has 0 aliphatic carbocycles. The van der Waals surface area contributed by atoms with E-state index in [9.17, 15) is 4.79 Å². The fourth-order valence-electron chi connectivity index (χ4n) is 9.06. The third-order valence-corrected chi connectivity index (χ3v) is 12.9. The highest BCUT2D eigenvalue weighted by molar-refractivity contribution is 6.49. The van der Waals surface area contributed by atoms with Crippen LogP contribution in [-0.2, 0) is 9.59 Å². The van der Waals surface area contributed by atoms with Crippen LogP contribution < -0.4 is 19.3 Å². The molecule has 6 nitrogen and oxygen atoms in total. The number of amides is 2. The van der Waals surface area contributed by atoms with Gasteiger partial charge in [0.1, 0.15) is 11.5 Å². The van der Waals surface area contributed by atoms with Crippen molar-refractivity contribution in [3.05, 3.63) is 71.8 Å². The van der Waals surface area contributed by atoms with Crippen LogP contribution in [-0.4, -0.2) is 38.1 Å². The Morgan fingerprint density at radius 2 is 1.00 bits per heavy atom. The number of rotatable bonds is 29. The molecule has 0 radical (unpaired) electrons. The van der Waals surface area contributed by atoms with Gasteiger partial charge in [-0.15, -0.1) is 0 Å². The smallest absolute Gasteiger partial charge is 0.259 e. The molecule has 5 rings (SSSR count). The Bertz CT molecular complexity index is 1830. The van der Waals surface area contributed by atoms with Crippen LogP contribution in [0.3, 0.4) is 0 Å². The van der Waals surface area contributed by atoms with Crippen molar-refractivity contribution >= 4 is 34.3 Å². The Hall–Kier alpha value is -4.06. The molecule has 2 aliphatic rings. The molecule has 60 heavy (non-hydrogen) atoms. The number of para-hydroxylation sites is 1. The number of ether oxygens (including phenoxy) is 2. The molecular formula is C54H78N2O4. The molecule has 6 heteroatoms. The fraction of sp³-hybridized carbons (Fsp3) is 0.593. The van der Waals surface area contributed by atoms with Crippen LogP contribution in [0.15, 0.2) is 60.7 Å². The fourth-order valence-corrected chi connectivity index (χ4v) is 9.06. The monoisotopic (exact) mass is 819 g/mol. The van der Waals surface area contributed by atoms with Gasteiger partial charge in [0.15, 0.2) is 0 Å². The number of benzene rings is 3. The van der Waals surface area contributed by atoms with E-state index in [1.54, 1.807) is 0 Å². The molecule has 3 aromatic rings. The summed E-state index contributed by atoms with van der Waals surface area (Å²) in [4.78, 5) is 33.8. The molecule has 0 aromatic heterocycles. The molecule has 3 aromatic carbocycles. The molecule has 0 saturated carbocycles. The van der Waals surface area contributed by atoms with Crippen LogP contribution in [0, 0.1) is 11.8 Å². The lowest BCUT2D eigenvalue weighted by Gasteiger charge is -2.24. The van der Waals surface area contributed by atoms with Crippen LogP contribution in [0.2, 0.25) is 0 Å². The van der Waals surface area contributed by atoms with Crippen molar-refractivity contribution in [2.24, 2.45) is 11.8 Å². The molecule has 2 heterocycles. The highest BCUT2D eigenvalue weighted by atomic mass is 16.5. The van der Waals surface area contributed by atoms with Gasteiger partial charge >= 0.3 is 0 Å². The van der Waals surface area contributed by atoms with Crippen molar-refractivity contribution in [2.75, 3.05) is 36.1 Å². The molecule has 2 amide bonds. The van der Waals surface area contributed by atoms with Gasteiger partial charge in [-0.05, 0) is 73.4 Å². The Balaban J connectivity index is 1.54. The second-order valence-corrected chi connectivity index (χ2v) is 17.6. The van der Waals surface area contributed by atoms with Crippen LogP contribution in [0.4, 0.5) is 11.4 Å². The number of carbonyl (C=O) groups is 2. The highest BCUT2D eigenvalue weighted by Gasteiger charge is 2.43. The zero-order valence-electron chi connectivity index (χ0n) is 38.4. The first-order valence-corrected chi connectivity index (χ1v) is 24.4. The maximum Gasteiger partial charge on any atom is 0.259 e. The van der Waals surface area contributed by atoms with E-state index < -0.39 is 0 Å². The first-order valence-electron chi connectivity index (χ1n) is 24.4. The largest absolute Gasteiger partial charge is 0.494 e. The van der Waals surface area contributed by atoms with Gasteiger partial charge in [0.25, 0.3) is 11.8 Å². The number of anilines is 2. The van der Waals surface area contributed by atoms with Gasteiger partial charge in [-0.3, -0.25) is 9.59 Å². The van der Waals surface area contributed by atoms with Crippen LogP contribution >= 0.6 is 0 Å². The van der Waals surface area contributed by atoms with Crippen molar-refractivity contribution in [2.45, 2.75) is 170 Å². The number of hydrogen-bond acceptors (Lipinski definition) is 4. The molecule has 0 saturated heterocycles. The summed E-state index contributed by atoms with van der Waals surface area (Å²) >= 11 is 0. The Morgan fingerprint density at radius 1 is 0.483 bits per heavy atom. The van der Waals surface area contributed by atoms with Crippen molar-refractivity contribution in [3.63, 3.8) is 0 Å². The lowest BCUT2D eigenvalue weighted by atomic mass is 9.94. The second kappa shape index (κ2) is 25.0. The third-order valence-electron chi connectivity index (χ3n) is 12.9. The third kappa shape index (κ3) is 12.3. The van der Waals surface area contributed by atoms with Gasteiger partial charge in [0.05, 0.1) is 35.7 Å². The molecule has 328 valence electrons. The van der Waals surface area contributed by atoms with Crippen molar-refractivity contribution in [1.82, 2.24) is 0 Å². The van der Waals surface area contributed by atoms with E-state index in [4.69, 9.17) is 9.47 Å². The summed E-state index contributed by atoms with van der Waals surface area (Å²) in [6.45, 7) is 16.1. The molecule has 2 atom stereocenters. The first-order chi connectivity index (χ1) is 29.4. The van der Waals surface area contributed by atoms with E-state index in [1.807, 2.05) is 34.1 Å². The summed E-state index contributed by atoms with van der Waals surface area (Å²) in [6, 6.07) is 20.7. The number of carbonyl (C=O) groups excluding carboxylic acids is 2. The van der Waals surface area contributed by atoms with E-state index in [0.717, 1.165) is 116 Å². The van der Waals surface area contributed by atoms with Gasteiger partial charge < -0.3 is 19.3 Å². The zero-order valence-corrected chi connectivity index (χ0v) is 38.4. The number of fused-ring (bicyclic) bond motifs is 2. The summed E-state index contributed by atoms with van der Waals surface area (Å²) in [5.74, 6) is 2.32. The normalized spacial score (nSPS) is 15.8. The minimum absolute atomic E-state index is 0.0509. The molecular weight excluding hydrogens is 741 g/mol. The summed E-state index contributed by atoms with van der Waals surface area (Å²) < 4.78 is 12.9. The standard InChI is InChI=1S/C54H78N2O4/c1-7-13-17-19-21-25-35-59-44-32-34-50(60-36-26-22-20-18-14-8-2)47(38-44)43-31-33-46-49(37-43)56(40-42(12-6)28-16-10-4)54(58)52(46)51-45-29-23-24-30-48(45)55(53(51)57)39-41(11-5)27-15-9-3/h23-24,29-34,37-38,41-42H,7-22,25-28,35-36,39-40H2,1-6H3/b52-51+. The molecule has 0 N–H and O–H groups in total. The van der Waals surface area contributed by atoms with Crippen molar-refractivity contribution in [1.29, 1.82) is 0 Å². The van der Waals surface area contributed by atoms with Crippen molar-refractivity contribution in [3.8, 4) is 22.6 Å². The Labute approximate surface area is 364 Å². The molecule has 0 fully saturated rings. The zero-order chi connectivity index (χ0) is 42.7. The van der Waals surface area contributed by atoms with Crippen LogP contribution in [0.1, 0.15) is 181 Å².